The average molecular weight is 660 g/mol. The van der Waals surface area contributed by atoms with Crippen molar-refractivity contribution in [1.29, 1.82) is 5.41 Å². The summed E-state index contributed by atoms with van der Waals surface area (Å²) in [5.41, 5.74) is 7.90. The van der Waals surface area contributed by atoms with Crippen LogP contribution in [0.2, 0.25) is 0 Å². The van der Waals surface area contributed by atoms with Crippen molar-refractivity contribution in [2.75, 3.05) is 10.9 Å². The van der Waals surface area contributed by atoms with E-state index in [-0.39, 0.29) is 54.3 Å². The number of nitrogens with two attached hydrogens (primary N) is 1. The zero-order chi connectivity index (χ0) is 32.1. The Morgan fingerprint density at radius 2 is 1.65 bits per heavy atom. The predicted octanol–water partition coefficient (Wildman–Crippen LogP) is 5.56. The Kier molecular flexibility index (Phi) is 10.6. The molecule has 5 aromatic rings. The van der Waals surface area contributed by atoms with Crippen molar-refractivity contribution in [2.45, 2.75) is 37.8 Å². The van der Waals surface area contributed by atoms with Crippen molar-refractivity contribution in [3.63, 3.8) is 0 Å². The second kappa shape index (κ2) is 14.4. The van der Waals surface area contributed by atoms with Crippen LogP contribution < -0.4 is 15.4 Å². The van der Waals surface area contributed by atoms with Gasteiger partial charge in [0.1, 0.15) is 16.8 Å². The number of carbonyl (C=O) groups is 2. The SMILES string of the molecule is CCOC(=O)C(CC)N(c1ccc2c(C(=O)NCc3ccc(C(=N)N)cc3)cccc2c1)S(=O)(=O)c1cccc2cccnc12.Cl. The van der Waals surface area contributed by atoms with Crippen molar-refractivity contribution < 1.29 is 22.7 Å². The van der Waals surface area contributed by atoms with Crippen LogP contribution in [0.5, 0.6) is 0 Å². The van der Waals surface area contributed by atoms with E-state index in [1.165, 1.54) is 12.3 Å². The van der Waals surface area contributed by atoms with Gasteiger partial charge in [-0.05, 0) is 60.0 Å². The lowest BCUT2D eigenvalue weighted by molar-refractivity contribution is -0.144. The predicted molar refractivity (Wildman–Crippen MR) is 182 cm³/mol. The largest absolute Gasteiger partial charge is 0.464 e. The Bertz CT molecular complexity index is 2010. The molecule has 1 amide bonds. The summed E-state index contributed by atoms with van der Waals surface area (Å²) in [5, 5.41) is 12.3. The van der Waals surface area contributed by atoms with Crippen molar-refractivity contribution >= 4 is 67.5 Å². The molecule has 12 heteroatoms. The molecule has 0 bridgehead atoms. The van der Waals surface area contributed by atoms with Crippen LogP contribution in [-0.2, 0) is 26.1 Å². The number of halogens is 1. The maximum Gasteiger partial charge on any atom is 0.329 e. The van der Waals surface area contributed by atoms with Crippen LogP contribution in [0.4, 0.5) is 5.69 Å². The topological polar surface area (TPSA) is 156 Å². The van der Waals surface area contributed by atoms with E-state index >= 15 is 0 Å². The second-order valence-electron chi connectivity index (χ2n) is 10.3. The average Bonchev–Trinajstić information content (AvgIpc) is 3.05. The van der Waals surface area contributed by atoms with Gasteiger partial charge in [-0.15, -0.1) is 12.4 Å². The first-order chi connectivity index (χ1) is 21.6. The lowest BCUT2D eigenvalue weighted by Crippen LogP contribution is -2.46. The maximum absolute atomic E-state index is 14.4. The number of esters is 1. The fourth-order valence-corrected chi connectivity index (χ4v) is 7.07. The summed E-state index contributed by atoms with van der Waals surface area (Å²) < 4.78 is 35.3. The van der Waals surface area contributed by atoms with Crippen LogP contribution >= 0.6 is 12.4 Å². The Labute approximate surface area is 273 Å². The number of nitrogens with one attached hydrogen (secondary N) is 2. The summed E-state index contributed by atoms with van der Waals surface area (Å²) in [5.74, 6) is -1.01. The number of hydrogen-bond acceptors (Lipinski definition) is 7. The molecule has 4 N–H and O–H groups in total. The van der Waals surface area contributed by atoms with E-state index in [9.17, 15) is 18.0 Å². The standard InChI is InChI=1S/C34H33N5O5S.ClH/c1-3-29(34(41)44-4-2)39(45(42,43)30-12-6-8-23-10-7-19-37-31(23)30)26-17-18-27-25(20-26)9-5-11-28(27)33(40)38-21-22-13-15-24(16-14-22)32(35)36;/h5-20,29H,3-4,21H2,1-2H3,(H3,35,36)(H,38,40);1H. The number of para-hydroxylation sites is 1. The summed E-state index contributed by atoms with van der Waals surface area (Å²) in [6.07, 6.45) is 1.68. The van der Waals surface area contributed by atoms with Gasteiger partial charge in [-0.2, -0.15) is 0 Å². The molecule has 1 aromatic heterocycles. The first-order valence-corrected chi connectivity index (χ1v) is 15.9. The Balaban J connectivity index is 0.00000480. The van der Waals surface area contributed by atoms with Gasteiger partial charge in [0.05, 0.1) is 17.8 Å². The minimum atomic E-state index is -4.33. The number of nitrogens with zero attached hydrogens (tertiary/aromatic N) is 2. The molecule has 5 rings (SSSR count). The van der Waals surface area contributed by atoms with Crippen molar-refractivity contribution in [2.24, 2.45) is 5.73 Å². The molecular formula is C34H34ClN5O5S. The van der Waals surface area contributed by atoms with Gasteiger partial charge in [-0.1, -0.05) is 67.6 Å². The van der Waals surface area contributed by atoms with Crippen molar-refractivity contribution in [1.82, 2.24) is 10.3 Å². The van der Waals surface area contributed by atoms with Gasteiger partial charge in [-0.25, -0.2) is 13.2 Å². The molecular weight excluding hydrogens is 626 g/mol. The van der Waals surface area contributed by atoms with E-state index in [2.05, 4.69) is 10.3 Å². The summed E-state index contributed by atoms with van der Waals surface area (Å²) in [6, 6.07) is 24.4. The number of pyridine rings is 1. The monoisotopic (exact) mass is 659 g/mol. The fourth-order valence-electron chi connectivity index (χ4n) is 5.23. The molecule has 0 saturated heterocycles. The zero-order valence-electron chi connectivity index (χ0n) is 25.3. The number of amidine groups is 1. The quantitative estimate of drug-likeness (QED) is 0.0952. The smallest absolute Gasteiger partial charge is 0.329 e. The number of aromatic nitrogens is 1. The van der Waals surface area contributed by atoms with Gasteiger partial charge in [0.15, 0.2) is 0 Å². The minimum absolute atomic E-state index is 0. The number of ether oxygens (including phenoxy) is 1. The van der Waals surface area contributed by atoms with Gasteiger partial charge in [-0.3, -0.25) is 19.5 Å². The Morgan fingerprint density at radius 3 is 2.35 bits per heavy atom. The first kappa shape index (κ1) is 33.9. The minimum Gasteiger partial charge on any atom is -0.464 e. The van der Waals surface area contributed by atoms with Crippen molar-refractivity contribution in [3.05, 3.63) is 114 Å². The highest BCUT2D eigenvalue weighted by atomic mass is 35.5. The molecule has 1 heterocycles. The molecule has 0 saturated carbocycles. The van der Waals surface area contributed by atoms with Gasteiger partial charge in [0.25, 0.3) is 15.9 Å². The molecule has 0 radical (unpaired) electrons. The molecule has 10 nitrogen and oxygen atoms in total. The number of hydrogen-bond donors (Lipinski definition) is 3. The van der Waals surface area contributed by atoms with E-state index < -0.39 is 22.0 Å². The molecule has 0 fully saturated rings. The summed E-state index contributed by atoms with van der Waals surface area (Å²) in [6.45, 7) is 3.74. The summed E-state index contributed by atoms with van der Waals surface area (Å²) in [4.78, 5) is 30.7. The Hall–Kier alpha value is -5.00. The third-order valence-corrected chi connectivity index (χ3v) is 9.31. The highest BCUT2D eigenvalue weighted by Crippen LogP contribution is 2.34. The molecule has 238 valence electrons. The van der Waals surface area contributed by atoms with Gasteiger partial charge in [0, 0.05) is 29.3 Å². The molecule has 0 aliphatic carbocycles. The van der Waals surface area contributed by atoms with Crippen LogP contribution in [0.25, 0.3) is 21.7 Å². The van der Waals surface area contributed by atoms with Gasteiger partial charge >= 0.3 is 5.97 Å². The highest BCUT2D eigenvalue weighted by Gasteiger charge is 2.37. The molecule has 1 atom stereocenters. The van der Waals surface area contributed by atoms with Crippen LogP contribution in [0.15, 0.2) is 102 Å². The van der Waals surface area contributed by atoms with E-state index in [0.717, 1.165) is 9.87 Å². The van der Waals surface area contributed by atoms with E-state index in [1.807, 2.05) is 0 Å². The molecule has 0 aliphatic heterocycles. The number of amides is 1. The van der Waals surface area contributed by atoms with E-state index in [4.69, 9.17) is 15.9 Å². The normalized spacial score (nSPS) is 11.8. The maximum atomic E-state index is 14.4. The summed E-state index contributed by atoms with van der Waals surface area (Å²) >= 11 is 0. The summed E-state index contributed by atoms with van der Waals surface area (Å²) in [7, 11) is -4.33. The third kappa shape index (κ3) is 6.80. The van der Waals surface area contributed by atoms with Gasteiger partial charge in [0.2, 0.25) is 0 Å². The number of anilines is 1. The van der Waals surface area contributed by atoms with Crippen molar-refractivity contribution in [3.8, 4) is 0 Å². The number of carbonyl (C=O) groups excluding carboxylic acids is 2. The van der Waals surface area contributed by atoms with Gasteiger partial charge < -0.3 is 15.8 Å². The first-order valence-electron chi connectivity index (χ1n) is 14.4. The fraction of sp³-hybridized carbons (Fsp3) is 0.176. The lowest BCUT2D eigenvalue weighted by Gasteiger charge is -2.31. The number of nitrogen functional groups attached to an aromatic ring is 1. The Morgan fingerprint density at radius 1 is 0.957 bits per heavy atom. The molecule has 46 heavy (non-hydrogen) atoms. The number of fused-ring (bicyclic) bond motifs is 2. The molecule has 4 aromatic carbocycles. The van der Waals surface area contributed by atoms with Crippen LogP contribution in [0, 0.1) is 5.41 Å². The number of rotatable bonds is 11. The molecule has 0 spiro atoms. The molecule has 1 unspecified atom stereocenters. The molecule has 0 aliphatic rings. The number of sulfonamides is 1. The zero-order valence-corrected chi connectivity index (χ0v) is 26.9. The second-order valence-corrected chi connectivity index (χ2v) is 12.1. The van der Waals surface area contributed by atoms with Crippen LogP contribution in [0.1, 0.15) is 41.8 Å². The van der Waals surface area contributed by atoms with Crippen LogP contribution in [0.3, 0.4) is 0 Å². The van der Waals surface area contributed by atoms with E-state index in [0.29, 0.717) is 32.8 Å². The number of benzene rings is 4. The third-order valence-electron chi connectivity index (χ3n) is 7.44. The lowest BCUT2D eigenvalue weighted by atomic mass is 10.0. The highest BCUT2D eigenvalue weighted by molar-refractivity contribution is 7.93. The van der Waals surface area contributed by atoms with Crippen LogP contribution in [-0.4, -0.2) is 43.8 Å². The van der Waals surface area contributed by atoms with E-state index in [1.54, 1.807) is 98.8 Å².